The van der Waals surface area contributed by atoms with Gasteiger partial charge in [-0.05, 0) is 25.5 Å². The Morgan fingerprint density at radius 1 is 1.63 bits per heavy atom. The fraction of sp³-hybridized carbons (Fsp3) is 0.571. The van der Waals surface area contributed by atoms with Crippen molar-refractivity contribution in [2.24, 2.45) is 0 Å². The molecule has 1 N–H and O–H groups in total. The molecule has 0 aliphatic carbocycles. The van der Waals surface area contributed by atoms with Crippen LogP contribution in [0.3, 0.4) is 0 Å². The van der Waals surface area contributed by atoms with Crippen molar-refractivity contribution >= 4 is 11.6 Å². The first kappa shape index (κ1) is 13.8. The summed E-state index contributed by atoms with van der Waals surface area (Å²) in [6, 6.07) is 3.81. The smallest absolute Gasteiger partial charge is 0.272 e. The van der Waals surface area contributed by atoms with E-state index in [1.165, 1.54) is 0 Å². The molecule has 5 nitrogen and oxygen atoms in total. The highest BCUT2D eigenvalue weighted by Crippen LogP contribution is 2.14. The van der Waals surface area contributed by atoms with Gasteiger partial charge in [0, 0.05) is 25.0 Å². The van der Waals surface area contributed by atoms with E-state index in [4.69, 9.17) is 4.74 Å². The second-order valence-corrected chi connectivity index (χ2v) is 4.78. The van der Waals surface area contributed by atoms with Gasteiger partial charge in [0.25, 0.3) is 5.91 Å². The Bertz CT molecular complexity index is 436. The molecule has 1 fully saturated rings. The van der Waals surface area contributed by atoms with E-state index in [1.54, 1.807) is 6.20 Å². The standard InChI is InChI=1S/C14H21N3O2/c1-3-5-15-12-4-6-16-13(9-12)14(18)17-7-8-19-10-11(17)2/h4,6,9,11H,3,5,7-8,10H2,1-2H3,(H,15,16). The molecule has 19 heavy (non-hydrogen) atoms. The van der Waals surface area contributed by atoms with Crippen LogP contribution in [0.5, 0.6) is 0 Å². The van der Waals surface area contributed by atoms with Crippen LogP contribution in [0.25, 0.3) is 0 Å². The largest absolute Gasteiger partial charge is 0.385 e. The quantitative estimate of drug-likeness (QED) is 0.899. The molecule has 1 amide bonds. The number of ether oxygens (including phenoxy) is 1. The van der Waals surface area contributed by atoms with Gasteiger partial charge in [0.15, 0.2) is 0 Å². The Kier molecular flexibility index (Phi) is 4.74. The Balaban J connectivity index is 2.09. The number of aromatic nitrogens is 1. The fourth-order valence-corrected chi connectivity index (χ4v) is 2.10. The van der Waals surface area contributed by atoms with Gasteiger partial charge in [-0.15, -0.1) is 0 Å². The number of hydrogen-bond acceptors (Lipinski definition) is 4. The molecule has 0 saturated carbocycles. The number of carbonyl (C=O) groups is 1. The topological polar surface area (TPSA) is 54.5 Å². The van der Waals surface area contributed by atoms with Crippen LogP contribution in [0.1, 0.15) is 30.8 Å². The Hall–Kier alpha value is -1.62. The van der Waals surface area contributed by atoms with Gasteiger partial charge in [0.05, 0.1) is 19.3 Å². The van der Waals surface area contributed by atoms with Crippen LogP contribution in [-0.4, -0.2) is 48.1 Å². The molecular weight excluding hydrogens is 242 g/mol. The first-order chi connectivity index (χ1) is 9.22. The molecule has 1 aliphatic heterocycles. The maximum absolute atomic E-state index is 12.4. The predicted molar refractivity (Wildman–Crippen MR) is 74.3 cm³/mol. The first-order valence-electron chi connectivity index (χ1n) is 6.81. The van der Waals surface area contributed by atoms with Gasteiger partial charge in [-0.2, -0.15) is 0 Å². The highest BCUT2D eigenvalue weighted by Gasteiger charge is 2.25. The minimum atomic E-state index is -0.0176. The van der Waals surface area contributed by atoms with E-state index in [2.05, 4.69) is 17.2 Å². The Labute approximate surface area is 114 Å². The summed E-state index contributed by atoms with van der Waals surface area (Å²) in [6.07, 6.45) is 2.72. The molecule has 0 bridgehead atoms. The zero-order chi connectivity index (χ0) is 13.7. The summed E-state index contributed by atoms with van der Waals surface area (Å²) in [7, 11) is 0. The second-order valence-electron chi connectivity index (χ2n) is 4.78. The molecule has 2 rings (SSSR count). The summed E-state index contributed by atoms with van der Waals surface area (Å²) < 4.78 is 5.35. The molecule has 1 saturated heterocycles. The number of hydrogen-bond donors (Lipinski definition) is 1. The van der Waals surface area contributed by atoms with Crippen LogP contribution in [0, 0.1) is 0 Å². The third-order valence-corrected chi connectivity index (χ3v) is 3.19. The number of nitrogens with zero attached hydrogens (tertiary/aromatic N) is 2. The van der Waals surface area contributed by atoms with Crippen molar-refractivity contribution in [3.05, 3.63) is 24.0 Å². The van der Waals surface area contributed by atoms with Gasteiger partial charge < -0.3 is 15.0 Å². The average Bonchev–Trinajstić information content (AvgIpc) is 2.45. The predicted octanol–water partition coefficient (Wildman–Crippen LogP) is 1.76. The lowest BCUT2D eigenvalue weighted by molar-refractivity contribution is 0.00327. The van der Waals surface area contributed by atoms with Crippen LogP contribution in [0.2, 0.25) is 0 Å². The molecule has 2 heterocycles. The molecule has 1 aromatic heterocycles. The van der Waals surface area contributed by atoms with E-state index in [-0.39, 0.29) is 11.9 Å². The lowest BCUT2D eigenvalue weighted by Gasteiger charge is -2.33. The molecule has 1 unspecified atom stereocenters. The SMILES string of the molecule is CCCNc1ccnc(C(=O)N2CCOCC2C)c1. The van der Waals surface area contributed by atoms with Crippen LogP contribution in [-0.2, 0) is 4.74 Å². The summed E-state index contributed by atoms with van der Waals surface area (Å²) in [4.78, 5) is 18.4. The molecule has 0 aromatic carbocycles. The molecule has 104 valence electrons. The lowest BCUT2D eigenvalue weighted by Crippen LogP contribution is -2.47. The molecular formula is C14H21N3O2. The summed E-state index contributed by atoms with van der Waals surface area (Å²) >= 11 is 0. The van der Waals surface area contributed by atoms with Crippen molar-refractivity contribution in [2.75, 3.05) is 31.6 Å². The van der Waals surface area contributed by atoms with Gasteiger partial charge in [0.1, 0.15) is 5.69 Å². The molecule has 1 aliphatic rings. The van der Waals surface area contributed by atoms with Crippen molar-refractivity contribution in [1.29, 1.82) is 0 Å². The minimum Gasteiger partial charge on any atom is -0.385 e. The molecule has 0 spiro atoms. The van der Waals surface area contributed by atoms with Crippen molar-refractivity contribution in [1.82, 2.24) is 9.88 Å². The van der Waals surface area contributed by atoms with E-state index >= 15 is 0 Å². The third-order valence-electron chi connectivity index (χ3n) is 3.19. The highest BCUT2D eigenvalue weighted by atomic mass is 16.5. The van der Waals surface area contributed by atoms with Gasteiger partial charge in [-0.25, -0.2) is 0 Å². The molecule has 1 aromatic rings. The minimum absolute atomic E-state index is 0.0176. The summed E-state index contributed by atoms with van der Waals surface area (Å²) in [6.45, 7) is 6.83. The summed E-state index contributed by atoms with van der Waals surface area (Å²) in [5, 5.41) is 3.27. The zero-order valence-corrected chi connectivity index (χ0v) is 11.6. The van der Waals surface area contributed by atoms with E-state index in [0.29, 0.717) is 25.5 Å². The maximum atomic E-state index is 12.4. The van der Waals surface area contributed by atoms with Crippen LogP contribution < -0.4 is 5.32 Å². The number of carbonyl (C=O) groups excluding carboxylic acids is 1. The molecule has 1 atom stereocenters. The van der Waals surface area contributed by atoms with Crippen molar-refractivity contribution < 1.29 is 9.53 Å². The first-order valence-corrected chi connectivity index (χ1v) is 6.81. The average molecular weight is 263 g/mol. The highest BCUT2D eigenvalue weighted by molar-refractivity contribution is 5.93. The van der Waals surface area contributed by atoms with Gasteiger partial charge >= 0.3 is 0 Å². The van der Waals surface area contributed by atoms with Crippen LogP contribution in [0.4, 0.5) is 5.69 Å². The number of pyridine rings is 1. The van der Waals surface area contributed by atoms with E-state index in [1.807, 2.05) is 24.0 Å². The second kappa shape index (κ2) is 6.52. The van der Waals surface area contributed by atoms with Gasteiger partial charge in [-0.3, -0.25) is 9.78 Å². The number of anilines is 1. The van der Waals surface area contributed by atoms with E-state index < -0.39 is 0 Å². The van der Waals surface area contributed by atoms with Gasteiger partial charge in [-0.1, -0.05) is 6.92 Å². The lowest BCUT2D eigenvalue weighted by atomic mass is 10.2. The summed E-state index contributed by atoms with van der Waals surface area (Å²) in [5.74, 6) is -0.0176. The maximum Gasteiger partial charge on any atom is 0.272 e. The van der Waals surface area contributed by atoms with E-state index in [9.17, 15) is 4.79 Å². The molecule has 5 heteroatoms. The van der Waals surface area contributed by atoms with Crippen LogP contribution in [0.15, 0.2) is 18.3 Å². The molecule has 0 radical (unpaired) electrons. The van der Waals surface area contributed by atoms with Crippen molar-refractivity contribution in [3.63, 3.8) is 0 Å². The van der Waals surface area contributed by atoms with Crippen molar-refractivity contribution in [3.8, 4) is 0 Å². The third kappa shape index (κ3) is 3.44. The Morgan fingerprint density at radius 2 is 2.47 bits per heavy atom. The van der Waals surface area contributed by atoms with Crippen LogP contribution >= 0.6 is 0 Å². The fourth-order valence-electron chi connectivity index (χ4n) is 2.10. The number of rotatable bonds is 4. The number of amides is 1. The van der Waals surface area contributed by atoms with E-state index in [0.717, 1.165) is 18.7 Å². The monoisotopic (exact) mass is 263 g/mol. The zero-order valence-electron chi connectivity index (χ0n) is 11.6. The number of nitrogens with one attached hydrogen (secondary N) is 1. The number of morpholine rings is 1. The van der Waals surface area contributed by atoms with Gasteiger partial charge in [0.2, 0.25) is 0 Å². The Morgan fingerprint density at radius 3 is 3.21 bits per heavy atom. The normalized spacial score (nSPS) is 19.3. The summed E-state index contributed by atoms with van der Waals surface area (Å²) in [5.41, 5.74) is 1.44. The van der Waals surface area contributed by atoms with Crippen molar-refractivity contribution in [2.45, 2.75) is 26.3 Å².